The Hall–Kier alpha value is 0.840. The second kappa shape index (κ2) is 9.21. The molecule has 102 valence electrons. The molecule has 0 heterocycles. The first-order valence-electron chi connectivity index (χ1n) is 5.05. The van der Waals surface area contributed by atoms with Crippen molar-refractivity contribution in [1.29, 1.82) is 0 Å². The second-order valence-corrected chi connectivity index (χ2v) is 5.95. The third kappa shape index (κ3) is 5.76. The molecule has 2 aromatic rings. The predicted molar refractivity (Wildman–Crippen MR) is 64.7 cm³/mol. The average molecular weight is 346 g/mol. The van der Waals surface area contributed by atoms with Gasteiger partial charge in [0.15, 0.2) is 0 Å². The number of hydrogen-bond acceptors (Lipinski definition) is 7. The molecule has 0 aliphatic heterocycles. The van der Waals surface area contributed by atoms with Crippen LogP contribution in [0.3, 0.4) is 0 Å². The molecule has 21 heavy (non-hydrogen) atoms. The molecule has 0 N–H and O–H groups in total. The predicted octanol–water partition coefficient (Wildman–Crippen LogP) is -4.71. The molecule has 0 aliphatic rings. The molecule has 0 fully saturated rings. The summed E-state index contributed by atoms with van der Waals surface area (Å²) in [5, 5.41) is 14.4. The van der Waals surface area contributed by atoms with E-state index in [9.17, 15) is 18.2 Å². The Morgan fingerprint density at radius 1 is 1.14 bits per heavy atom. The first-order valence-corrected chi connectivity index (χ1v) is 7.20. The minimum atomic E-state index is -4.50. The Morgan fingerprint density at radius 2 is 1.81 bits per heavy atom. The molecular formula is C11H8Na2O6S2. The van der Waals surface area contributed by atoms with E-state index in [1.165, 1.54) is 12.1 Å². The van der Waals surface area contributed by atoms with E-state index < -0.39 is 10.1 Å². The van der Waals surface area contributed by atoms with Gasteiger partial charge in [-0.25, -0.2) is 8.42 Å². The van der Waals surface area contributed by atoms with Crippen LogP contribution in [0.1, 0.15) is 5.56 Å². The minimum absolute atomic E-state index is 0. The normalized spacial score (nSPS) is 10.8. The van der Waals surface area contributed by atoms with Crippen LogP contribution in [0.2, 0.25) is 0 Å². The van der Waals surface area contributed by atoms with Crippen molar-refractivity contribution in [1.82, 2.24) is 0 Å². The molecule has 0 radical (unpaired) electrons. The van der Waals surface area contributed by atoms with Crippen molar-refractivity contribution < 1.29 is 86.7 Å². The third-order valence-electron chi connectivity index (χ3n) is 2.55. The smallest absolute Gasteiger partial charge is 0.744 e. The van der Waals surface area contributed by atoms with Crippen LogP contribution in [-0.2, 0) is 19.5 Å². The van der Waals surface area contributed by atoms with Gasteiger partial charge in [-0.3, -0.25) is 5.04 Å². The van der Waals surface area contributed by atoms with Gasteiger partial charge in [0.2, 0.25) is 0 Å². The van der Waals surface area contributed by atoms with Crippen LogP contribution in [0.5, 0.6) is 0 Å². The summed E-state index contributed by atoms with van der Waals surface area (Å²) in [7, 11) is -4.50. The zero-order chi connectivity index (χ0) is 14.0. The second-order valence-electron chi connectivity index (χ2n) is 3.80. The van der Waals surface area contributed by atoms with Crippen molar-refractivity contribution >= 4 is 32.9 Å². The molecule has 0 atom stereocenters. The van der Waals surface area contributed by atoms with E-state index in [4.69, 9.17) is 0 Å². The molecule has 2 rings (SSSR count). The SMILES string of the molecule is Cc1cc(SOO[O-])cc2cc(S(=O)(=O)[O-])ccc12.[Na+].[Na+]. The Bertz CT molecular complexity index is 720. The molecule has 0 bridgehead atoms. The summed E-state index contributed by atoms with van der Waals surface area (Å²) in [4.78, 5) is 0.254. The number of hydrogen-bond donors (Lipinski definition) is 0. The Balaban J connectivity index is 0.00000200. The topological polar surface area (TPSA) is 98.7 Å². The quantitative estimate of drug-likeness (QED) is 0.180. The Morgan fingerprint density at radius 3 is 2.38 bits per heavy atom. The fraction of sp³-hybridized carbons (Fsp3) is 0.0909. The van der Waals surface area contributed by atoms with Gasteiger partial charge in [-0.15, -0.1) is 0 Å². The van der Waals surface area contributed by atoms with Gasteiger partial charge in [-0.1, -0.05) is 6.07 Å². The van der Waals surface area contributed by atoms with Crippen LogP contribution in [0, 0.1) is 6.92 Å². The number of rotatable bonds is 4. The van der Waals surface area contributed by atoms with Gasteiger partial charge >= 0.3 is 59.1 Å². The molecule has 0 saturated heterocycles. The van der Waals surface area contributed by atoms with Gasteiger partial charge < -0.3 is 9.81 Å². The molecule has 6 nitrogen and oxygen atoms in total. The summed E-state index contributed by atoms with van der Waals surface area (Å²) in [6, 6.07) is 7.46. The Labute approximate surface area is 170 Å². The van der Waals surface area contributed by atoms with Crippen LogP contribution < -0.4 is 64.4 Å². The van der Waals surface area contributed by atoms with E-state index >= 15 is 0 Å². The number of aryl methyl sites for hydroxylation is 1. The van der Waals surface area contributed by atoms with Crippen LogP contribution in [0.4, 0.5) is 0 Å². The first-order chi connectivity index (χ1) is 8.91. The van der Waals surface area contributed by atoms with Crippen molar-refractivity contribution in [3.63, 3.8) is 0 Å². The van der Waals surface area contributed by atoms with E-state index in [1.54, 1.807) is 18.2 Å². The minimum Gasteiger partial charge on any atom is -0.744 e. The summed E-state index contributed by atoms with van der Waals surface area (Å²) in [6.45, 7) is 1.82. The summed E-state index contributed by atoms with van der Waals surface area (Å²) in [5.74, 6) is 0. The van der Waals surface area contributed by atoms with Gasteiger partial charge in [-0.2, -0.15) is 4.33 Å². The van der Waals surface area contributed by atoms with Crippen LogP contribution in [0.25, 0.3) is 10.8 Å². The zero-order valence-corrected chi connectivity index (χ0v) is 17.3. The monoisotopic (exact) mass is 346 g/mol. The maximum atomic E-state index is 11.0. The van der Waals surface area contributed by atoms with Gasteiger partial charge in [-0.05, 0) is 47.5 Å². The maximum absolute atomic E-state index is 11.0. The number of fused-ring (bicyclic) bond motifs is 1. The first kappa shape index (κ1) is 21.8. The Kier molecular flexibility index (Phi) is 9.58. The van der Waals surface area contributed by atoms with E-state index in [0.29, 0.717) is 22.3 Å². The maximum Gasteiger partial charge on any atom is 1.00 e. The van der Waals surface area contributed by atoms with Gasteiger partial charge in [0.1, 0.15) is 10.1 Å². The van der Waals surface area contributed by atoms with Crippen molar-refractivity contribution in [3.8, 4) is 0 Å². The largest absolute Gasteiger partial charge is 1.00 e. The van der Waals surface area contributed by atoms with Crippen molar-refractivity contribution in [3.05, 3.63) is 35.9 Å². The molecule has 0 amide bonds. The standard InChI is InChI=1S/C11H10O6S2.2Na/c1-7-4-9(18-17-16-12)5-8-6-10(19(13,14)15)2-3-11(7)8;;/h2-6,12H,1H3,(H,13,14,15);;/q;2*+1/p-2. The molecule has 0 aliphatic carbocycles. The molecule has 0 unspecified atom stereocenters. The average Bonchev–Trinajstić information content (AvgIpc) is 2.34. The van der Waals surface area contributed by atoms with E-state index in [1.807, 2.05) is 6.92 Å². The summed E-state index contributed by atoms with van der Waals surface area (Å²) in [5.41, 5.74) is 0.851. The molecule has 0 spiro atoms. The van der Waals surface area contributed by atoms with Gasteiger partial charge in [0, 0.05) is 4.90 Å². The van der Waals surface area contributed by atoms with Crippen molar-refractivity contribution in [2.24, 2.45) is 0 Å². The molecule has 0 saturated carbocycles. The molecular weight excluding hydrogens is 338 g/mol. The van der Waals surface area contributed by atoms with E-state index in [0.717, 1.165) is 10.9 Å². The fourth-order valence-corrected chi connectivity index (χ4v) is 2.77. The summed E-state index contributed by atoms with van der Waals surface area (Å²) >= 11 is 0.700. The van der Waals surface area contributed by atoms with Crippen LogP contribution >= 0.6 is 12.0 Å². The zero-order valence-electron chi connectivity index (χ0n) is 11.7. The third-order valence-corrected chi connectivity index (χ3v) is 3.93. The van der Waals surface area contributed by atoms with E-state index in [2.05, 4.69) is 9.37 Å². The van der Waals surface area contributed by atoms with Crippen molar-refractivity contribution in [2.75, 3.05) is 0 Å². The fourth-order valence-electron chi connectivity index (χ4n) is 1.76. The van der Waals surface area contributed by atoms with Gasteiger partial charge in [0.05, 0.1) is 16.9 Å². The molecule has 2 aromatic carbocycles. The van der Waals surface area contributed by atoms with Crippen LogP contribution in [0.15, 0.2) is 40.1 Å². The summed E-state index contributed by atoms with van der Waals surface area (Å²) < 4.78 is 37.1. The number of benzene rings is 2. The van der Waals surface area contributed by atoms with Gasteiger partial charge in [0.25, 0.3) is 0 Å². The van der Waals surface area contributed by atoms with Crippen LogP contribution in [-0.4, -0.2) is 13.0 Å². The van der Waals surface area contributed by atoms with Crippen molar-refractivity contribution in [2.45, 2.75) is 16.7 Å². The van der Waals surface area contributed by atoms with E-state index in [-0.39, 0.29) is 64.0 Å². The molecule has 10 heteroatoms. The molecule has 0 aromatic heterocycles. The summed E-state index contributed by atoms with van der Waals surface area (Å²) in [6.07, 6.45) is 0.